The Labute approximate surface area is 157 Å². The van der Waals surface area contributed by atoms with Crippen LogP contribution in [-0.4, -0.2) is 24.4 Å². The molecule has 3 rings (SSSR count). The van der Waals surface area contributed by atoms with Gasteiger partial charge in [0.2, 0.25) is 11.6 Å². The molecule has 2 aromatic carbocycles. The van der Waals surface area contributed by atoms with Crippen LogP contribution >= 0.6 is 0 Å². The molecule has 1 aromatic heterocycles. The second-order valence-corrected chi connectivity index (χ2v) is 5.66. The molecule has 0 unspecified atom stereocenters. The fourth-order valence-electron chi connectivity index (χ4n) is 2.53. The fourth-order valence-corrected chi connectivity index (χ4v) is 2.53. The highest BCUT2D eigenvalue weighted by molar-refractivity contribution is 5.55. The van der Waals surface area contributed by atoms with Crippen molar-refractivity contribution in [3.8, 4) is 34.8 Å². The van der Waals surface area contributed by atoms with Crippen LogP contribution in [-0.2, 0) is 13.0 Å². The van der Waals surface area contributed by atoms with Gasteiger partial charge >= 0.3 is 0 Å². The van der Waals surface area contributed by atoms with Crippen LogP contribution in [0.3, 0.4) is 0 Å². The molecule has 0 N–H and O–H groups in total. The maximum absolute atomic E-state index is 8.86. The van der Waals surface area contributed by atoms with Crippen LogP contribution in [0.25, 0.3) is 11.5 Å². The van der Waals surface area contributed by atoms with Gasteiger partial charge in [-0.2, -0.15) is 5.26 Å². The van der Waals surface area contributed by atoms with Crippen LogP contribution in [0.1, 0.15) is 23.9 Å². The molecule has 7 nitrogen and oxygen atoms in total. The van der Waals surface area contributed by atoms with E-state index in [0.717, 1.165) is 17.5 Å². The molecule has 0 saturated heterocycles. The molecule has 0 spiro atoms. The number of rotatable bonds is 7. The maximum atomic E-state index is 8.86. The summed E-state index contributed by atoms with van der Waals surface area (Å²) in [7, 11) is 3.16. The Morgan fingerprint density at radius 2 is 1.70 bits per heavy atom. The Morgan fingerprint density at radius 1 is 1.04 bits per heavy atom. The lowest BCUT2D eigenvalue weighted by Crippen LogP contribution is -2.01. The maximum Gasteiger partial charge on any atom is 0.254 e. The molecule has 0 radical (unpaired) electrons. The van der Waals surface area contributed by atoms with Crippen LogP contribution in [0, 0.1) is 11.3 Å². The van der Waals surface area contributed by atoms with Crippen molar-refractivity contribution < 1.29 is 18.6 Å². The van der Waals surface area contributed by atoms with Gasteiger partial charge in [0.15, 0.2) is 18.1 Å². The summed E-state index contributed by atoms with van der Waals surface area (Å²) in [5.74, 6) is 2.32. The van der Waals surface area contributed by atoms with Crippen LogP contribution in [0.4, 0.5) is 0 Å². The molecule has 0 fully saturated rings. The highest BCUT2D eigenvalue weighted by Crippen LogP contribution is 2.39. The average Bonchev–Trinajstić information content (AvgIpc) is 3.20. The summed E-state index contributed by atoms with van der Waals surface area (Å²) in [4.78, 5) is 0. The summed E-state index contributed by atoms with van der Waals surface area (Å²) in [6.07, 6.45) is 0.852. The molecule has 138 valence electrons. The van der Waals surface area contributed by atoms with E-state index in [9.17, 15) is 0 Å². The Kier molecular flexibility index (Phi) is 5.57. The molecule has 0 amide bonds. The smallest absolute Gasteiger partial charge is 0.254 e. The number of ether oxygens (including phenoxy) is 3. The number of hydrogen-bond donors (Lipinski definition) is 0. The van der Waals surface area contributed by atoms with Crippen molar-refractivity contribution >= 4 is 0 Å². The minimum absolute atomic E-state index is 0.0709. The highest BCUT2D eigenvalue weighted by atomic mass is 16.5. The van der Waals surface area contributed by atoms with E-state index in [1.54, 1.807) is 38.5 Å². The third kappa shape index (κ3) is 4.01. The van der Waals surface area contributed by atoms with Gasteiger partial charge in [0.1, 0.15) is 0 Å². The van der Waals surface area contributed by atoms with Crippen LogP contribution in [0.2, 0.25) is 0 Å². The van der Waals surface area contributed by atoms with Crippen molar-refractivity contribution in [2.45, 2.75) is 20.0 Å². The van der Waals surface area contributed by atoms with E-state index in [-0.39, 0.29) is 6.61 Å². The van der Waals surface area contributed by atoms with Gasteiger partial charge in [0.05, 0.1) is 25.9 Å². The number of aromatic nitrogens is 2. The van der Waals surface area contributed by atoms with Gasteiger partial charge in [-0.05, 0) is 48.4 Å². The van der Waals surface area contributed by atoms with E-state index < -0.39 is 0 Å². The highest BCUT2D eigenvalue weighted by Gasteiger charge is 2.16. The first-order valence-electron chi connectivity index (χ1n) is 8.39. The third-order valence-corrected chi connectivity index (χ3v) is 4.00. The Morgan fingerprint density at radius 3 is 2.26 bits per heavy atom. The number of nitrogens with zero attached hydrogens (tertiary/aromatic N) is 3. The topological polar surface area (TPSA) is 90.4 Å². The van der Waals surface area contributed by atoms with Crippen molar-refractivity contribution in [1.82, 2.24) is 10.2 Å². The zero-order valence-electron chi connectivity index (χ0n) is 15.4. The Bertz CT molecular complexity index is 933. The fraction of sp³-hybridized carbons (Fsp3) is 0.250. The number of benzene rings is 2. The van der Waals surface area contributed by atoms with Crippen LogP contribution in [0.5, 0.6) is 17.2 Å². The predicted octanol–water partition coefficient (Wildman–Crippen LogP) is 3.77. The lowest BCUT2D eigenvalue weighted by Gasteiger charge is -2.14. The van der Waals surface area contributed by atoms with Gasteiger partial charge < -0.3 is 18.6 Å². The van der Waals surface area contributed by atoms with Crippen LogP contribution < -0.4 is 14.2 Å². The lowest BCUT2D eigenvalue weighted by molar-refractivity contribution is 0.238. The molecule has 3 aromatic rings. The van der Waals surface area contributed by atoms with Gasteiger partial charge in [-0.1, -0.05) is 6.92 Å². The van der Waals surface area contributed by atoms with Crippen LogP contribution in [0.15, 0.2) is 40.8 Å². The van der Waals surface area contributed by atoms with E-state index in [1.807, 2.05) is 12.1 Å². The molecule has 7 heteroatoms. The average molecular weight is 365 g/mol. The second kappa shape index (κ2) is 8.23. The first kappa shape index (κ1) is 18.3. The predicted molar refractivity (Wildman–Crippen MR) is 97.7 cm³/mol. The third-order valence-electron chi connectivity index (χ3n) is 4.00. The molecular formula is C20H19N3O4. The molecule has 27 heavy (non-hydrogen) atoms. The number of aryl methyl sites for hydroxylation is 1. The zero-order valence-corrected chi connectivity index (χ0v) is 15.4. The number of nitriles is 1. The second-order valence-electron chi connectivity index (χ2n) is 5.66. The SMILES string of the molecule is CCc1cc(OC)c(OCc2nnc(-c3ccc(C#N)cc3)o2)c(OC)c1. The minimum atomic E-state index is 0.0709. The normalized spacial score (nSPS) is 10.3. The van der Waals surface area contributed by atoms with Crippen molar-refractivity contribution in [2.24, 2.45) is 0 Å². The zero-order chi connectivity index (χ0) is 19.2. The van der Waals surface area contributed by atoms with E-state index in [1.165, 1.54) is 0 Å². The van der Waals surface area contributed by atoms with E-state index in [0.29, 0.717) is 34.6 Å². The van der Waals surface area contributed by atoms with E-state index in [2.05, 4.69) is 23.2 Å². The Hall–Kier alpha value is -3.53. The summed E-state index contributed by atoms with van der Waals surface area (Å²) in [5, 5.41) is 16.9. The van der Waals surface area contributed by atoms with Gasteiger partial charge in [-0.3, -0.25) is 0 Å². The summed E-state index contributed by atoms with van der Waals surface area (Å²) in [6, 6.07) is 12.8. The molecule has 0 bridgehead atoms. The van der Waals surface area contributed by atoms with E-state index >= 15 is 0 Å². The molecule has 0 atom stereocenters. The molecule has 1 heterocycles. The van der Waals surface area contributed by atoms with Crippen molar-refractivity contribution in [1.29, 1.82) is 5.26 Å². The summed E-state index contributed by atoms with van der Waals surface area (Å²) in [5.41, 5.74) is 2.38. The Balaban J connectivity index is 1.78. The quantitative estimate of drug-likeness (QED) is 0.629. The molecule has 0 aliphatic carbocycles. The van der Waals surface area contributed by atoms with Crippen molar-refractivity contribution in [3.05, 3.63) is 53.4 Å². The lowest BCUT2D eigenvalue weighted by atomic mass is 10.1. The van der Waals surface area contributed by atoms with E-state index in [4.69, 9.17) is 23.9 Å². The van der Waals surface area contributed by atoms with Gasteiger partial charge in [-0.25, -0.2) is 0 Å². The monoisotopic (exact) mass is 365 g/mol. The number of hydrogen-bond acceptors (Lipinski definition) is 7. The molecule has 0 aliphatic heterocycles. The molecule has 0 aliphatic rings. The first-order valence-corrected chi connectivity index (χ1v) is 8.39. The largest absolute Gasteiger partial charge is 0.493 e. The number of methoxy groups -OCH3 is 2. The minimum Gasteiger partial charge on any atom is -0.493 e. The van der Waals surface area contributed by atoms with Gasteiger partial charge in [0.25, 0.3) is 5.89 Å². The summed E-state index contributed by atoms with van der Waals surface area (Å²) in [6.45, 7) is 2.12. The van der Waals surface area contributed by atoms with Gasteiger partial charge in [0, 0.05) is 5.56 Å². The molecule has 0 saturated carbocycles. The molecular weight excluding hydrogens is 346 g/mol. The first-order chi connectivity index (χ1) is 13.2. The van der Waals surface area contributed by atoms with Gasteiger partial charge in [-0.15, -0.1) is 10.2 Å². The van der Waals surface area contributed by atoms with Crippen molar-refractivity contribution in [2.75, 3.05) is 14.2 Å². The standard InChI is InChI=1S/C20H19N3O4/c1-4-13-9-16(24-2)19(17(10-13)25-3)26-12-18-22-23-20(27-18)15-7-5-14(11-21)6-8-15/h5-10H,4,12H2,1-3H3. The summed E-state index contributed by atoms with van der Waals surface area (Å²) >= 11 is 0. The van der Waals surface area contributed by atoms with Crippen molar-refractivity contribution in [3.63, 3.8) is 0 Å². The summed E-state index contributed by atoms with van der Waals surface area (Å²) < 4.78 is 22.3.